The first-order valence-corrected chi connectivity index (χ1v) is 9.59. The van der Waals surface area contributed by atoms with Crippen LogP contribution in [0.1, 0.15) is 15.9 Å². The number of thiocarbonyl (C=S) groups is 1. The molecule has 0 atom stereocenters. The maximum absolute atomic E-state index is 12.6. The molecule has 0 bridgehead atoms. The van der Waals surface area contributed by atoms with Gasteiger partial charge in [-0.1, -0.05) is 30.3 Å². The highest BCUT2D eigenvalue weighted by Gasteiger charge is 2.13. The van der Waals surface area contributed by atoms with Crippen molar-refractivity contribution >= 4 is 28.9 Å². The predicted octanol–water partition coefficient (Wildman–Crippen LogP) is 4.14. The zero-order chi connectivity index (χ0) is 21.2. The van der Waals surface area contributed by atoms with Crippen LogP contribution in [0.25, 0.3) is 0 Å². The summed E-state index contributed by atoms with van der Waals surface area (Å²) in [5, 5.41) is 14.5. The summed E-state index contributed by atoms with van der Waals surface area (Å²) in [4.78, 5) is 12.6. The molecular weight excluding hydrogens is 398 g/mol. The van der Waals surface area contributed by atoms with Crippen LogP contribution < -0.4 is 20.1 Å². The van der Waals surface area contributed by atoms with E-state index >= 15 is 0 Å². The average molecular weight is 417 g/mol. The second-order valence-electron chi connectivity index (χ2n) is 6.10. The molecule has 0 aliphatic carbocycles. The lowest BCUT2D eigenvalue weighted by Gasteiger charge is -2.13. The van der Waals surface area contributed by atoms with E-state index in [0.29, 0.717) is 29.2 Å². The monoisotopic (exact) mass is 417 g/mol. The van der Waals surface area contributed by atoms with Crippen molar-refractivity contribution in [3.63, 3.8) is 0 Å². The number of nitrogens with one attached hydrogen (secondary N) is 2. The maximum Gasteiger partial charge on any atom is 0.261 e. The second-order valence-corrected chi connectivity index (χ2v) is 6.51. The summed E-state index contributed by atoms with van der Waals surface area (Å²) in [6.45, 7) is 0.631. The minimum absolute atomic E-state index is 0.145. The van der Waals surface area contributed by atoms with Gasteiger partial charge in [-0.25, -0.2) is 0 Å². The highest BCUT2D eigenvalue weighted by Crippen LogP contribution is 2.18. The number of nitrogens with zero attached hydrogens (tertiary/aromatic N) is 1. The van der Waals surface area contributed by atoms with E-state index in [1.54, 1.807) is 48.5 Å². The van der Waals surface area contributed by atoms with Crippen LogP contribution in [0.15, 0.2) is 78.9 Å². The number of ether oxygens (including phenoxy) is 2. The summed E-state index contributed by atoms with van der Waals surface area (Å²) in [7, 11) is 0. The smallest absolute Gasteiger partial charge is 0.261 e. The van der Waals surface area contributed by atoms with Gasteiger partial charge < -0.3 is 14.8 Å². The van der Waals surface area contributed by atoms with Crippen LogP contribution in [-0.2, 0) is 0 Å². The van der Waals surface area contributed by atoms with Gasteiger partial charge in [-0.15, -0.1) is 0 Å². The SMILES string of the molecule is N#Cc1ccc(NC(=S)NC(=O)c2ccccc2OCCOc2ccccc2)cc1. The first-order valence-electron chi connectivity index (χ1n) is 9.18. The topological polar surface area (TPSA) is 83.4 Å². The fourth-order valence-electron chi connectivity index (χ4n) is 2.57. The molecule has 2 N–H and O–H groups in total. The number of carbonyl (C=O) groups is 1. The Hall–Kier alpha value is -3.89. The fourth-order valence-corrected chi connectivity index (χ4v) is 2.78. The number of carbonyl (C=O) groups excluding carboxylic acids is 1. The van der Waals surface area contributed by atoms with Crippen molar-refractivity contribution in [1.29, 1.82) is 5.26 Å². The molecule has 3 aromatic rings. The molecule has 7 heteroatoms. The number of hydrogen-bond acceptors (Lipinski definition) is 5. The average Bonchev–Trinajstić information content (AvgIpc) is 2.78. The molecule has 0 saturated carbocycles. The number of anilines is 1. The van der Waals surface area contributed by atoms with Gasteiger partial charge in [0, 0.05) is 5.69 Å². The lowest BCUT2D eigenvalue weighted by atomic mass is 10.2. The normalized spacial score (nSPS) is 9.83. The predicted molar refractivity (Wildman–Crippen MR) is 119 cm³/mol. The van der Waals surface area contributed by atoms with Crippen molar-refractivity contribution in [3.05, 3.63) is 90.0 Å². The molecule has 0 aromatic heterocycles. The third-order valence-electron chi connectivity index (χ3n) is 3.98. The highest BCUT2D eigenvalue weighted by molar-refractivity contribution is 7.80. The van der Waals surface area contributed by atoms with Crippen molar-refractivity contribution in [2.75, 3.05) is 18.5 Å². The summed E-state index contributed by atoms with van der Waals surface area (Å²) in [5.41, 5.74) is 1.57. The molecule has 3 rings (SSSR count). The quantitative estimate of drug-likeness (QED) is 0.444. The first-order chi connectivity index (χ1) is 14.7. The second kappa shape index (κ2) is 10.6. The van der Waals surface area contributed by atoms with Gasteiger partial charge in [0.25, 0.3) is 5.91 Å². The number of rotatable bonds is 7. The Morgan fingerprint density at radius 1 is 0.900 bits per heavy atom. The molecule has 6 nitrogen and oxygen atoms in total. The molecule has 3 aromatic carbocycles. The zero-order valence-electron chi connectivity index (χ0n) is 16.0. The number of para-hydroxylation sites is 2. The molecule has 1 amide bonds. The van der Waals surface area contributed by atoms with Crippen LogP contribution in [0.5, 0.6) is 11.5 Å². The van der Waals surface area contributed by atoms with Gasteiger partial charge in [-0.3, -0.25) is 10.1 Å². The summed E-state index contributed by atoms with van der Waals surface area (Å²) in [6.07, 6.45) is 0. The first kappa shape index (κ1) is 20.8. The van der Waals surface area contributed by atoms with E-state index < -0.39 is 0 Å². The minimum Gasteiger partial charge on any atom is -0.490 e. The largest absolute Gasteiger partial charge is 0.490 e. The van der Waals surface area contributed by atoms with Crippen LogP contribution in [0.3, 0.4) is 0 Å². The Bertz CT molecular complexity index is 1050. The maximum atomic E-state index is 12.6. The van der Waals surface area contributed by atoms with Crippen molar-refractivity contribution in [2.24, 2.45) is 0 Å². The van der Waals surface area contributed by atoms with Crippen molar-refractivity contribution < 1.29 is 14.3 Å². The summed E-state index contributed by atoms with van der Waals surface area (Å²) >= 11 is 5.21. The fraction of sp³-hybridized carbons (Fsp3) is 0.0870. The summed E-state index contributed by atoms with van der Waals surface area (Å²) < 4.78 is 11.3. The molecule has 30 heavy (non-hydrogen) atoms. The summed E-state index contributed by atoms with van der Waals surface area (Å²) in [6, 6.07) is 25.1. The molecule has 0 saturated heterocycles. The third kappa shape index (κ3) is 6.06. The van der Waals surface area contributed by atoms with Crippen LogP contribution in [0.2, 0.25) is 0 Å². The van der Waals surface area contributed by atoms with E-state index in [4.69, 9.17) is 27.0 Å². The number of nitriles is 1. The minimum atomic E-state index is -0.388. The Labute approximate surface area is 180 Å². The van der Waals surface area contributed by atoms with Crippen molar-refractivity contribution in [3.8, 4) is 17.6 Å². The molecule has 0 heterocycles. The van der Waals surface area contributed by atoms with Gasteiger partial charge in [0.2, 0.25) is 0 Å². The standard InChI is InChI=1S/C23H19N3O3S/c24-16-17-10-12-18(13-11-17)25-23(30)26-22(27)20-8-4-5-9-21(20)29-15-14-28-19-6-2-1-3-7-19/h1-13H,14-15H2,(H2,25,26,27,30). The van der Waals surface area contributed by atoms with E-state index in [1.807, 2.05) is 36.4 Å². The van der Waals surface area contributed by atoms with Gasteiger partial charge >= 0.3 is 0 Å². The molecule has 0 radical (unpaired) electrons. The van der Waals surface area contributed by atoms with Crippen LogP contribution in [0, 0.1) is 11.3 Å². The Morgan fingerprint density at radius 2 is 1.57 bits per heavy atom. The van der Waals surface area contributed by atoms with Gasteiger partial charge in [0.1, 0.15) is 24.7 Å². The molecule has 150 valence electrons. The van der Waals surface area contributed by atoms with Crippen molar-refractivity contribution in [2.45, 2.75) is 0 Å². The van der Waals surface area contributed by atoms with E-state index in [0.717, 1.165) is 5.75 Å². The number of amides is 1. The number of benzene rings is 3. The lowest BCUT2D eigenvalue weighted by molar-refractivity contribution is 0.0972. The van der Waals surface area contributed by atoms with Crippen LogP contribution in [-0.4, -0.2) is 24.2 Å². The summed E-state index contributed by atoms with van der Waals surface area (Å²) in [5.74, 6) is 0.805. The molecule has 0 aliphatic heterocycles. The Balaban J connectivity index is 1.53. The molecule has 0 fully saturated rings. The third-order valence-corrected chi connectivity index (χ3v) is 4.19. The Kier molecular flexibility index (Phi) is 7.36. The molecule has 0 unspecified atom stereocenters. The van der Waals surface area contributed by atoms with Gasteiger partial charge in [-0.2, -0.15) is 5.26 Å². The highest BCUT2D eigenvalue weighted by atomic mass is 32.1. The molecule has 0 aliphatic rings. The van der Waals surface area contributed by atoms with E-state index in [1.165, 1.54) is 0 Å². The van der Waals surface area contributed by atoms with Gasteiger partial charge in [-0.05, 0) is 60.7 Å². The van der Waals surface area contributed by atoms with Crippen molar-refractivity contribution in [1.82, 2.24) is 5.32 Å². The molecular formula is C23H19N3O3S. The lowest BCUT2D eigenvalue weighted by Crippen LogP contribution is -2.34. The van der Waals surface area contributed by atoms with E-state index in [2.05, 4.69) is 10.6 Å². The van der Waals surface area contributed by atoms with Crippen LogP contribution in [0.4, 0.5) is 5.69 Å². The number of hydrogen-bond donors (Lipinski definition) is 2. The van der Waals surface area contributed by atoms with E-state index in [9.17, 15) is 4.79 Å². The van der Waals surface area contributed by atoms with Gasteiger partial charge in [0.05, 0.1) is 17.2 Å². The van der Waals surface area contributed by atoms with Gasteiger partial charge in [0.15, 0.2) is 5.11 Å². The van der Waals surface area contributed by atoms with E-state index in [-0.39, 0.29) is 17.6 Å². The zero-order valence-corrected chi connectivity index (χ0v) is 16.8. The Morgan fingerprint density at radius 3 is 2.30 bits per heavy atom. The molecule has 0 spiro atoms. The van der Waals surface area contributed by atoms with Crippen LogP contribution >= 0.6 is 12.2 Å².